The lowest BCUT2D eigenvalue weighted by Crippen LogP contribution is -2.30. The van der Waals surface area contributed by atoms with E-state index in [1.807, 2.05) is 4.68 Å². The maximum atomic E-state index is 6.32. The van der Waals surface area contributed by atoms with E-state index < -0.39 is 0 Å². The van der Waals surface area contributed by atoms with E-state index in [1.165, 1.54) is 12.8 Å². The molecule has 0 radical (unpaired) electrons. The zero-order chi connectivity index (χ0) is 14.3. The monoisotopic (exact) mass is 287 g/mol. The summed E-state index contributed by atoms with van der Waals surface area (Å²) in [7, 11) is 1.70. The molecule has 0 spiro atoms. The van der Waals surface area contributed by atoms with E-state index in [-0.39, 0.29) is 6.04 Å². The lowest BCUT2D eigenvalue weighted by Gasteiger charge is -2.23. The van der Waals surface area contributed by atoms with Gasteiger partial charge in [-0.15, -0.1) is 0 Å². The Kier molecular flexibility index (Phi) is 7.42. The second-order valence-corrected chi connectivity index (χ2v) is 5.52. The van der Waals surface area contributed by atoms with Gasteiger partial charge in [0.15, 0.2) is 0 Å². The number of ether oxygens (including phenoxy) is 1. The summed E-state index contributed by atoms with van der Waals surface area (Å²) in [4.78, 5) is 0. The van der Waals surface area contributed by atoms with Crippen molar-refractivity contribution in [2.24, 2.45) is 0 Å². The van der Waals surface area contributed by atoms with Crippen LogP contribution in [0.4, 0.5) is 0 Å². The van der Waals surface area contributed by atoms with E-state index in [0.717, 1.165) is 23.7 Å². The number of nitrogens with zero attached hydrogens (tertiary/aromatic N) is 2. The summed E-state index contributed by atoms with van der Waals surface area (Å²) in [5.74, 6) is 0. The fourth-order valence-corrected chi connectivity index (χ4v) is 2.46. The number of unbranched alkanes of at least 4 members (excludes halogenated alkanes) is 1. The van der Waals surface area contributed by atoms with Crippen molar-refractivity contribution in [2.75, 3.05) is 13.7 Å². The van der Waals surface area contributed by atoms with Gasteiger partial charge in [0.1, 0.15) is 0 Å². The minimum Gasteiger partial charge on any atom is -0.383 e. The van der Waals surface area contributed by atoms with Crippen molar-refractivity contribution < 1.29 is 4.74 Å². The SMILES string of the molecule is CCCCC(NC(C)C)c1c(Cl)cnn1CCOC. The zero-order valence-corrected chi connectivity index (χ0v) is 13.2. The van der Waals surface area contributed by atoms with Crippen molar-refractivity contribution in [3.05, 3.63) is 16.9 Å². The van der Waals surface area contributed by atoms with Gasteiger partial charge < -0.3 is 10.1 Å². The molecule has 1 aromatic heterocycles. The fourth-order valence-electron chi connectivity index (χ4n) is 2.18. The van der Waals surface area contributed by atoms with E-state index in [2.05, 4.69) is 31.2 Å². The van der Waals surface area contributed by atoms with Crippen LogP contribution >= 0.6 is 11.6 Å². The summed E-state index contributed by atoms with van der Waals surface area (Å²) in [5, 5.41) is 8.68. The molecule has 0 bridgehead atoms. The van der Waals surface area contributed by atoms with Gasteiger partial charge in [-0.2, -0.15) is 5.10 Å². The van der Waals surface area contributed by atoms with E-state index >= 15 is 0 Å². The number of methoxy groups -OCH3 is 1. The summed E-state index contributed by atoms with van der Waals surface area (Å²) in [6, 6.07) is 0.676. The van der Waals surface area contributed by atoms with Crippen LogP contribution in [0.5, 0.6) is 0 Å². The van der Waals surface area contributed by atoms with Crippen LogP contribution < -0.4 is 5.32 Å². The molecule has 1 N–H and O–H groups in total. The lowest BCUT2D eigenvalue weighted by atomic mass is 10.1. The van der Waals surface area contributed by atoms with E-state index in [1.54, 1.807) is 13.3 Å². The van der Waals surface area contributed by atoms with Crippen LogP contribution in [0.3, 0.4) is 0 Å². The number of hydrogen-bond acceptors (Lipinski definition) is 3. The first kappa shape index (κ1) is 16.5. The first-order valence-corrected chi connectivity index (χ1v) is 7.44. The molecule has 0 aliphatic heterocycles. The van der Waals surface area contributed by atoms with Crippen molar-refractivity contribution in [1.82, 2.24) is 15.1 Å². The van der Waals surface area contributed by atoms with Crippen molar-refractivity contribution in [3.63, 3.8) is 0 Å². The molecule has 0 fully saturated rings. The summed E-state index contributed by atoms with van der Waals surface area (Å²) < 4.78 is 7.09. The standard InChI is InChI=1S/C14H26ClN3O/c1-5-6-7-13(17-11(2)3)14-12(15)10-16-18(14)8-9-19-4/h10-11,13,17H,5-9H2,1-4H3. The second kappa shape index (κ2) is 8.56. The number of aromatic nitrogens is 2. The molecule has 19 heavy (non-hydrogen) atoms. The molecule has 1 atom stereocenters. The Bertz CT molecular complexity index is 366. The molecule has 110 valence electrons. The molecule has 1 rings (SSSR count). The minimum absolute atomic E-state index is 0.256. The number of hydrogen-bond donors (Lipinski definition) is 1. The molecule has 0 saturated carbocycles. The third kappa shape index (κ3) is 5.13. The zero-order valence-electron chi connectivity index (χ0n) is 12.4. The van der Waals surface area contributed by atoms with Crippen molar-refractivity contribution in [3.8, 4) is 0 Å². The lowest BCUT2D eigenvalue weighted by molar-refractivity contribution is 0.181. The Morgan fingerprint density at radius 2 is 2.21 bits per heavy atom. The summed E-state index contributed by atoms with van der Waals surface area (Å²) >= 11 is 6.32. The summed E-state index contributed by atoms with van der Waals surface area (Å²) in [6.07, 6.45) is 5.16. The van der Waals surface area contributed by atoms with Crippen LogP contribution in [0.15, 0.2) is 6.20 Å². The van der Waals surface area contributed by atoms with Gasteiger partial charge in [-0.3, -0.25) is 4.68 Å². The van der Waals surface area contributed by atoms with Crippen LogP contribution in [0, 0.1) is 0 Å². The maximum Gasteiger partial charge on any atom is 0.0834 e. The number of rotatable bonds is 9. The van der Waals surface area contributed by atoms with Crippen molar-refractivity contribution >= 4 is 11.6 Å². The predicted octanol–water partition coefficient (Wildman–Crippen LogP) is 3.41. The molecule has 0 aromatic carbocycles. The van der Waals surface area contributed by atoms with Crippen LogP contribution in [0.2, 0.25) is 5.02 Å². The average molecular weight is 288 g/mol. The fraction of sp³-hybridized carbons (Fsp3) is 0.786. The first-order chi connectivity index (χ1) is 9.10. The Morgan fingerprint density at radius 3 is 2.79 bits per heavy atom. The van der Waals surface area contributed by atoms with Gasteiger partial charge in [-0.25, -0.2) is 0 Å². The smallest absolute Gasteiger partial charge is 0.0834 e. The topological polar surface area (TPSA) is 39.1 Å². The molecule has 4 nitrogen and oxygen atoms in total. The predicted molar refractivity (Wildman–Crippen MR) is 79.7 cm³/mol. The van der Waals surface area contributed by atoms with Crippen LogP contribution in [-0.4, -0.2) is 29.5 Å². The van der Waals surface area contributed by atoms with Crippen LogP contribution in [0.25, 0.3) is 0 Å². The molecule has 0 aliphatic carbocycles. The third-order valence-electron chi connectivity index (χ3n) is 3.05. The van der Waals surface area contributed by atoms with Crippen molar-refractivity contribution in [1.29, 1.82) is 0 Å². The molecule has 1 heterocycles. The molecule has 1 aromatic rings. The van der Waals surface area contributed by atoms with E-state index in [0.29, 0.717) is 12.6 Å². The van der Waals surface area contributed by atoms with Gasteiger partial charge in [0.2, 0.25) is 0 Å². The normalized spacial score (nSPS) is 13.2. The minimum atomic E-state index is 0.256. The van der Waals surface area contributed by atoms with E-state index in [9.17, 15) is 0 Å². The van der Waals surface area contributed by atoms with Crippen molar-refractivity contribution in [2.45, 2.75) is 58.7 Å². The van der Waals surface area contributed by atoms with Crippen LogP contribution in [-0.2, 0) is 11.3 Å². The quantitative estimate of drug-likeness (QED) is 0.756. The molecule has 1 unspecified atom stereocenters. The Balaban J connectivity index is 2.88. The Morgan fingerprint density at radius 1 is 1.47 bits per heavy atom. The average Bonchev–Trinajstić information content (AvgIpc) is 2.73. The van der Waals surface area contributed by atoms with Gasteiger partial charge in [-0.05, 0) is 6.42 Å². The van der Waals surface area contributed by atoms with Gasteiger partial charge in [0.25, 0.3) is 0 Å². The highest BCUT2D eigenvalue weighted by atomic mass is 35.5. The second-order valence-electron chi connectivity index (χ2n) is 5.11. The molecule has 5 heteroatoms. The molecule has 0 aliphatic rings. The summed E-state index contributed by atoms with van der Waals surface area (Å²) in [6.45, 7) is 7.90. The highest BCUT2D eigenvalue weighted by molar-refractivity contribution is 6.31. The van der Waals surface area contributed by atoms with Gasteiger partial charge in [0.05, 0.1) is 36.1 Å². The summed E-state index contributed by atoms with van der Waals surface area (Å²) in [5.41, 5.74) is 1.08. The largest absolute Gasteiger partial charge is 0.383 e. The number of halogens is 1. The third-order valence-corrected chi connectivity index (χ3v) is 3.34. The number of nitrogens with one attached hydrogen (secondary N) is 1. The Hall–Kier alpha value is -0.580. The van der Waals surface area contributed by atoms with Gasteiger partial charge in [0, 0.05) is 13.2 Å². The van der Waals surface area contributed by atoms with Gasteiger partial charge >= 0.3 is 0 Å². The molecule has 0 amide bonds. The van der Waals surface area contributed by atoms with Crippen LogP contribution in [0.1, 0.15) is 51.8 Å². The maximum absolute atomic E-state index is 6.32. The van der Waals surface area contributed by atoms with Gasteiger partial charge in [-0.1, -0.05) is 45.2 Å². The first-order valence-electron chi connectivity index (χ1n) is 7.06. The molecular weight excluding hydrogens is 262 g/mol. The van der Waals surface area contributed by atoms with E-state index in [4.69, 9.17) is 16.3 Å². The molecule has 0 saturated heterocycles. The molecular formula is C14H26ClN3O. The highest BCUT2D eigenvalue weighted by Gasteiger charge is 2.20. The highest BCUT2D eigenvalue weighted by Crippen LogP contribution is 2.27. The Labute approximate surface area is 121 Å².